The second kappa shape index (κ2) is 44.0. The zero-order chi connectivity index (χ0) is 39.3. The van der Waals surface area contributed by atoms with Crippen molar-refractivity contribution in [3.8, 4) is 0 Å². The molecular formula is C49H78O5. The smallest absolute Gasteiger partial charge is 0.310 e. The third kappa shape index (κ3) is 41.3. The van der Waals surface area contributed by atoms with Crippen LogP contribution in [0.2, 0.25) is 0 Å². The summed E-state index contributed by atoms with van der Waals surface area (Å²) in [6.07, 6.45) is 63.3. The van der Waals surface area contributed by atoms with Gasteiger partial charge < -0.3 is 14.6 Å². The Hall–Kier alpha value is -3.44. The minimum absolute atomic E-state index is 0.113. The molecule has 1 unspecified atom stereocenters. The highest BCUT2D eigenvalue weighted by atomic mass is 16.6. The number of rotatable bonds is 37. The molecule has 0 aromatic rings. The van der Waals surface area contributed by atoms with Crippen LogP contribution in [0.1, 0.15) is 168 Å². The van der Waals surface area contributed by atoms with Crippen LogP contribution in [-0.4, -0.2) is 36.4 Å². The van der Waals surface area contributed by atoms with E-state index in [2.05, 4.69) is 111 Å². The molecule has 0 amide bonds. The molecule has 5 nitrogen and oxygen atoms in total. The van der Waals surface area contributed by atoms with Gasteiger partial charge in [-0.2, -0.15) is 0 Å². The predicted octanol–water partition coefficient (Wildman–Crippen LogP) is 13.8. The van der Waals surface area contributed by atoms with Crippen molar-refractivity contribution >= 4 is 11.9 Å². The number of esters is 2. The van der Waals surface area contributed by atoms with E-state index in [1.807, 2.05) is 6.08 Å². The summed E-state index contributed by atoms with van der Waals surface area (Å²) in [5.41, 5.74) is 0. The Bertz CT molecular complexity index is 1120. The number of aliphatic hydroxyl groups excluding tert-OH is 1. The van der Waals surface area contributed by atoms with Crippen molar-refractivity contribution in [1.82, 2.24) is 0 Å². The first kappa shape index (κ1) is 50.6. The third-order valence-electron chi connectivity index (χ3n) is 8.59. The maximum Gasteiger partial charge on any atom is 0.310 e. The van der Waals surface area contributed by atoms with Gasteiger partial charge in [0.15, 0.2) is 6.10 Å². The van der Waals surface area contributed by atoms with Crippen LogP contribution in [0.15, 0.2) is 109 Å². The van der Waals surface area contributed by atoms with Crippen LogP contribution in [0, 0.1) is 0 Å². The number of carbonyl (C=O) groups excluding carboxylic acids is 2. The number of hydrogen-bond acceptors (Lipinski definition) is 5. The molecule has 1 atom stereocenters. The number of hydrogen-bond donors (Lipinski definition) is 1. The van der Waals surface area contributed by atoms with Crippen LogP contribution in [-0.2, 0) is 19.1 Å². The first-order valence-corrected chi connectivity index (χ1v) is 21.4. The zero-order valence-corrected chi connectivity index (χ0v) is 34.4. The monoisotopic (exact) mass is 747 g/mol. The second-order valence-corrected chi connectivity index (χ2v) is 13.7. The Labute approximate surface area is 331 Å². The number of unbranched alkanes of at least 4 members (excludes halogenated alkanes) is 12. The first-order chi connectivity index (χ1) is 26.6. The van der Waals surface area contributed by atoms with Gasteiger partial charge in [0.25, 0.3) is 0 Å². The van der Waals surface area contributed by atoms with E-state index in [9.17, 15) is 14.7 Å². The van der Waals surface area contributed by atoms with Crippen molar-refractivity contribution in [3.63, 3.8) is 0 Å². The molecule has 0 radical (unpaired) electrons. The van der Waals surface area contributed by atoms with Crippen molar-refractivity contribution in [2.45, 2.75) is 174 Å². The van der Waals surface area contributed by atoms with Crippen LogP contribution in [0.4, 0.5) is 0 Å². The van der Waals surface area contributed by atoms with Crippen LogP contribution < -0.4 is 0 Å². The van der Waals surface area contributed by atoms with Crippen molar-refractivity contribution in [2.24, 2.45) is 0 Å². The largest absolute Gasteiger partial charge is 0.462 e. The molecule has 0 aromatic heterocycles. The number of ether oxygens (including phenoxy) is 2. The molecular weight excluding hydrogens is 669 g/mol. The molecule has 0 heterocycles. The van der Waals surface area contributed by atoms with Gasteiger partial charge in [0.2, 0.25) is 0 Å². The van der Waals surface area contributed by atoms with Gasteiger partial charge in [-0.05, 0) is 77.0 Å². The lowest BCUT2D eigenvalue weighted by molar-refractivity contribution is -0.160. The zero-order valence-electron chi connectivity index (χ0n) is 34.4. The van der Waals surface area contributed by atoms with Gasteiger partial charge in [0, 0.05) is 6.42 Å². The van der Waals surface area contributed by atoms with E-state index in [0.717, 1.165) is 77.0 Å². The van der Waals surface area contributed by atoms with E-state index < -0.39 is 12.1 Å². The highest BCUT2D eigenvalue weighted by molar-refractivity contribution is 5.71. The molecule has 0 aromatic carbocycles. The van der Waals surface area contributed by atoms with Gasteiger partial charge in [0.1, 0.15) is 6.61 Å². The first-order valence-electron chi connectivity index (χ1n) is 21.4. The summed E-state index contributed by atoms with van der Waals surface area (Å²) >= 11 is 0. The fraction of sp³-hybridized carbons (Fsp3) is 0.592. The van der Waals surface area contributed by atoms with E-state index in [1.54, 1.807) is 6.08 Å². The van der Waals surface area contributed by atoms with Gasteiger partial charge in [-0.3, -0.25) is 9.59 Å². The molecule has 0 rings (SSSR count). The number of aliphatic hydroxyl groups is 1. The van der Waals surface area contributed by atoms with Crippen molar-refractivity contribution in [3.05, 3.63) is 109 Å². The van der Waals surface area contributed by atoms with Crippen LogP contribution in [0.25, 0.3) is 0 Å². The third-order valence-corrected chi connectivity index (χ3v) is 8.59. The lowest BCUT2D eigenvalue weighted by Crippen LogP contribution is -2.28. The molecule has 0 aliphatic heterocycles. The van der Waals surface area contributed by atoms with Gasteiger partial charge in [-0.1, -0.05) is 187 Å². The van der Waals surface area contributed by atoms with Crippen molar-refractivity contribution in [2.75, 3.05) is 13.2 Å². The molecule has 0 aliphatic carbocycles. The summed E-state index contributed by atoms with van der Waals surface area (Å²) in [7, 11) is 0. The number of carbonyl (C=O) groups is 2. The highest BCUT2D eigenvalue weighted by Crippen LogP contribution is 2.13. The van der Waals surface area contributed by atoms with Crippen LogP contribution in [0.3, 0.4) is 0 Å². The molecule has 0 aliphatic rings. The van der Waals surface area contributed by atoms with Gasteiger partial charge in [-0.25, -0.2) is 0 Å². The molecule has 1 N–H and O–H groups in total. The lowest BCUT2D eigenvalue weighted by atomic mass is 10.0. The molecule has 54 heavy (non-hydrogen) atoms. The summed E-state index contributed by atoms with van der Waals surface area (Å²) in [6, 6.07) is 0. The summed E-state index contributed by atoms with van der Waals surface area (Å²) < 4.78 is 10.5. The van der Waals surface area contributed by atoms with Crippen molar-refractivity contribution < 1.29 is 24.2 Å². The number of allylic oxidation sites excluding steroid dienone is 17. The van der Waals surface area contributed by atoms with Gasteiger partial charge in [0.05, 0.1) is 13.0 Å². The summed E-state index contributed by atoms with van der Waals surface area (Å²) in [6.45, 7) is 3.81. The van der Waals surface area contributed by atoms with Gasteiger partial charge in [-0.15, -0.1) is 0 Å². The summed E-state index contributed by atoms with van der Waals surface area (Å²) in [5, 5.41) is 9.55. The molecule has 0 saturated carbocycles. The quantitative estimate of drug-likeness (QED) is 0.0389. The fourth-order valence-corrected chi connectivity index (χ4v) is 5.44. The molecule has 0 saturated heterocycles. The average Bonchev–Trinajstić information content (AvgIpc) is 3.17. The summed E-state index contributed by atoms with van der Waals surface area (Å²) in [4.78, 5) is 24.2. The van der Waals surface area contributed by atoms with E-state index in [0.29, 0.717) is 6.42 Å². The minimum atomic E-state index is -0.833. The van der Waals surface area contributed by atoms with E-state index >= 15 is 0 Å². The van der Waals surface area contributed by atoms with E-state index in [4.69, 9.17) is 9.47 Å². The predicted molar refractivity (Wildman–Crippen MR) is 232 cm³/mol. The molecule has 5 heteroatoms. The Morgan fingerprint density at radius 2 is 0.796 bits per heavy atom. The maximum atomic E-state index is 12.1. The minimum Gasteiger partial charge on any atom is -0.462 e. The molecule has 0 fully saturated rings. The maximum absolute atomic E-state index is 12.1. The molecule has 304 valence electrons. The standard InChI is InChI=1S/C49H78O5/c1-3-5-7-9-11-13-15-17-19-20-21-22-23-24-25-26-27-28-30-31-33-35-37-39-41-43-48(51)53-46-47(45-50)54-49(52)44-42-40-38-36-34-32-29-18-16-14-12-10-8-6-4-2/h5-8,11-14,17-19,21-22,29,34,36,40,42,47,50H,3-4,9-10,15-16,20,23-28,30-33,35,37-39,41,43-46H2,1-2H3/b7-5-,8-6-,13-11-,14-12-,19-17-,22-21-,29-18-,36-34-,42-40-. The topological polar surface area (TPSA) is 72.8 Å². The Morgan fingerprint density at radius 3 is 1.20 bits per heavy atom. The highest BCUT2D eigenvalue weighted by Gasteiger charge is 2.15. The Balaban J connectivity index is 3.64. The van der Waals surface area contributed by atoms with Crippen LogP contribution in [0.5, 0.6) is 0 Å². The molecule has 0 spiro atoms. The second-order valence-electron chi connectivity index (χ2n) is 13.7. The Morgan fingerprint density at radius 1 is 0.444 bits per heavy atom. The fourth-order valence-electron chi connectivity index (χ4n) is 5.44. The van der Waals surface area contributed by atoms with E-state index in [-0.39, 0.29) is 25.6 Å². The SMILES string of the molecule is CC/C=C\C/C=C\C/C=C\C/C=C\C/C=C\CC(=O)OC(CO)COC(=O)CCCCCCCCCCCCCC/C=C\C/C=C\C/C=C\C/C=C\CC. The van der Waals surface area contributed by atoms with E-state index in [1.165, 1.54) is 64.2 Å². The lowest BCUT2D eigenvalue weighted by Gasteiger charge is -2.15. The summed E-state index contributed by atoms with van der Waals surface area (Å²) in [5.74, 6) is -0.749. The van der Waals surface area contributed by atoms with Crippen LogP contribution >= 0.6 is 0 Å². The average molecular weight is 747 g/mol. The Kier molecular flexibility index (Phi) is 41.2. The van der Waals surface area contributed by atoms with Crippen molar-refractivity contribution in [1.29, 1.82) is 0 Å². The molecule has 0 bridgehead atoms. The van der Waals surface area contributed by atoms with Gasteiger partial charge >= 0.3 is 11.9 Å². The normalized spacial score (nSPS) is 13.3.